The van der Waals surface area contributed by atoms with Gasteiger partial charge in [-0.1, -0.05) is 13.0 Å². The number of hydrogen-bond donors (Lipinski definition) is 2. The molecule has 1 aromatic rings. The van der Waals surface area contributed by atoms with Crippen LogP contribution in [0.2, 0.25) is 0 Å². The standard InChI is InChI=1S/C9H11NO4S/c1-2-6-3-4-7(9(10)11)5-8(6)15(12,13)14/h3-5H,2H2,1H3,(H2,10,11)(H,12,13,14). The van der Waals surface area contributed by atoms with E-state index < -0.39 is 16.0 Å². The summed E-state index contributed by atoms with van der Waals surface area (Å²) in [5.74, 6) is -0.734. The van der Waals surface area contributed by atoms with Gasteiger partial charge in [0.25, 0.3) is 10.1 Å². The molecule has 3 N–H and O–H groups in total. The molecule has 0 aromatic heterocycles. The van der Waals surface area contributed by atoms with E-state index in [4.69, 9.17) is 10.3 Å². The molecule has 5 nitrogen and oxygen atoms in total. The number of hydrogen-bond acceptors (Lipinski definition) is 3. The van der Waals surface area contributed by atoms with Gasteiger partial charge in [0.2, 0.25) is 5.91 Å². The zero-order chi connectivity index (χ0) is 11.6. The average molecular weight is 229 g/mol. The fourth-order valence-corrected chi connectivity index (χ4v) is 2.06. The second-order valence-corrected chi connectivity index (χ2v) is 4.41. The molecule has 0 aliphatic rings. The Labute approximate surface area is 87.7 Å². The van der Waals surface area contributed by atoms with Crippen LogP contribution in [-0.2, 0) is 16.5 Å². The van der Waals surface area contributed by atoms with Crippen molar-refractivity contribution in [3.05, 3.63) is 29.3 Å². The van der Waals surface area contributed by atoms with Gasteiger partial charge in [-0.05, 0) is 24.1 Å². The molecule has 1 rings (SSSR count). The number of amides is 1. The smallest absolute Gasteiger partial charge is 0.294 e. The Hall–Kier alpha value is -1.40. The van der Waals surface area contributed by atoms with Gasteiger partial charge in [0, 0.05) is 5.56 Å². The summed E-state index contributed by atoms with van der Waals surface area (Å²) < 4.78 is 30.9. The molecule has 0 atom stereocenters. The minimum atomic E-state index is -4.31. The van der Waals surface area contributed by atoms with Gasteiger partial charge in [-0.15, -0.1) is 0 Å². The van der Waals surface area contributed by atoms with Crippen molar-refractivity contribution >= 4 is 16.0 Å². The van der Waals surface area contributed by atoms with E-state index in [0.29, 0.717) is 12.0 Å². The molecule has 0 saturated heterocycles. The van der Waals surface area contributed by atoms with Crippen LogP contribution in [0, 0.1) is 0 Å². The van der Waals surface area contributed by atoms with Crippen LogP contribution in [-0.4, -0.2) is 18.9 Å². The lowest BCUT2D eigenvalue weighted by Gasteiger charge is -2.05. The monoisotopic (exact) mass is 229 g/mol. The first kappa shape index (κ1) is 11.7. The van der Waals surface area contributed by atoms with Crippen molar-refractivity contribution in [1.29, 1.82) is 0 Å². The summed E-state index contributed by atoms with van der Waals surface area (Å²) in [4.78, 5) is 10.6. The normalized spacial score (nSPS) is 11.3. The molecule has 15 heavy (non-hydrogen) atoms. The van der Waals surface area contributed by atoms with Gasteiger partial charge in [-0.2, -0.15) is 8.42 Å². The van der Waals surface area contributed by atoms with Gasteiger partial charge < -0.3 is 5.73 Å². The van der Waals surface area contributed by atoms with Crippen LogP contribution in [0.4, 0.5) is 0 Å². The quantitative estimate of drug-likeness (QED) is 0.741. The second kappa shape index (κ2) is 4.00. The van der Waals surface area contributed by atoms with Gasteiger partial charge in [0.1, 0.15) is 0 Å². The van der Waals surface area contributed by atoms with Crippen LogP contribution in [0.25, 0.3) is 0 Å². The number of carbonyl (C=O) groups is 1. The molecule has 0 spiro atoms. The highest BCUT2D eigenvalue weighted by molar-refractivity contribution is 7.85. The van der Waals surface area contributed by atoms with Gasteiger partial charge in [0.05, 0.1) is 4.90 Å². The Morgan fingerprint density at radius 1 is 1.47 bits per heavy atom. The molecule has 0 bridgehead atoms. The van der Waals surface area contributed by atoms with E-state index in [1.165, 1.54) is 12.1 Å². The summed E-state index contributed by atoms with van der Waals surface area (Å²) in [7, 11) is -4.31. The van der Waals surface area contributed by atoms with E-state index in [-0.39, 0.29) is 10.5 Å². The Morgan fingerprint density at radius 3 is 2.47 bits per heavy atom. The molecular formula is C9H11NO4S. The summed E-state index contributed by atoms with van der Waals surface area (Å²) in [6.45, 7) is 1.74. The molecule has 6 heteroatoms. The maximum absolute atomic E-state index is 11.0. The maximum atomic E-state index is 11.0. The fourth-order valence-electron chi connectivity index (χ4n) is 1.24. The molecule has 1 amide bonds. The largest absolute Gasteiger partial charge is 0.366 e. The highest BCUT2D eigenvalue weighted by Gasteiger charge is 2.16. The lowest BCUT2D eigenvalue weighted by molar-refractivity contribution is 0.1000. The van der Waals surface area contributed by atoms with E-state index in [9.17, 15) is 13.2 Å². The summed E-state index contributed by atoms with van der Waals surface area (Å²) >= 11 is 0. The third-order valence-electron chi connectivity index (χ3n) is 2.01. The molecular weight excluding hydrogens is 218 g/mol. The summed E-state index contributed by atoms with van der Waals surface area (Å²) in [5, 5.41) is 0. The third-order valence-corrected chi connectivity index (χ3v) is 2.95. The number of nitrogens with two attached hydrogens (primary N) is 1. The van der Waals surface area contributed by atoms with Crippen LogP contribution >= 0.6 is 0 Å². The summed E-state index contributed by atoms with van der Waals surface area (Å²) in [6.07, 6.45) is 0.439. The Bertz CT molecular complexity index is 493. The molecule has 82 valence electrons. The maximum Gasteiger partial charge on any atom is 0.294 e. The number of aryl methyl sites for hydroxylation is 1. The van der Waals surface area contributed by atoms with Gasteiger partial charge >= 0.3 is 0 Å². The number of primary amides is 1. The van der Waals surface area contributed by atoms with Crippen molar-refractivity contribution < 1.29 is 17.8 Å². The Morgan fingerprint density at radius 2 is 2.07 bits per heavy atom. The zero-order valence-corrected chi connectivity index (χ0v) is 8.91. The predicted molar refractivity (Wildman–Crippen MR) is 54.2 cm³/mol. The van der Waals surface area contributed by atoms with Crippen LogP contribution in [0.3, 0.4) is 0 Å². The average Bonchev–Trinajstić information content (AvgIpc) is 2.15. The number of benzene rings is 1. The molecule has 0 aliphatic heterocycles. The van der Waals surface area contributed by atoms with Crippen molar-refractivity contribution in [1.82, 2.24) is 0 Å². The minimum absolute atomic E-state index is 0.0554. The molecule has 0 fully saturated rings. The van der Waals surface area contributed by atoms with Gasteiger partial charge in [0.15, 0.2) is 0 Å². The highest BCUT2D eigenvalue weighted by Crippen LogP contribution is 2.17. The van der Waals surface area contributed by atoms with Crippen LogP contribution in [0.5, 0.6) is 0 Å². The van der Waals surface area contributed by atoms with E-state index >= 15 is 0 Å². The first-order valence-corrected chi connectivity index (χ1v) is 5.70. The van der Waals surface area contributed by atoms with Crippen molar-refractivity contribution in [2.45, 2.75) is 18.2 Å². The molecule has 0 radical (unpaired) electrons. The molecule has 0 heterocycles. The van der Waals surface area contributed by atoms with Crippen molar-refractivity contribution in [2.24, 2.45) is 5.73 Å². The number of rotatable bonds is 3. The van der Waals surface area contributed by atoms with Crippen molar-refractivity contribution in [3.8, 4) is 0 Å². The molecule has 0 aliphatic carbocycles. The Kier molecular flexibility index (Phi) is 3.11. The van der Waals surface area contributed by atoms with Crippen LogP contribution in [0.1, 0.15) is 22.8 Å². The topological polar surface area (TPSA) is 97.5 Å². The van der Waals surface area contributed by atoms with E-state index in [1.54, 1.807) is 6.92 Å². The first-order valence-electron chi connectivity index (χ1n) is 4.26. The molecule has 0 unspecified atom stereocenters. The molecule has 1 aromatic carbocycles. The first-order chi connectivity index (χ1) is 6.86. The summed E-state index contributed by atoms with van der Waals surface area (Å²) in [6, 6.07) is 3.97. The van der Waals surface area contributed by atoms with Crippen LogP contribution < -0.4 is 5.73 Å². The minimum Gasteiger partial charge on any atom is -0.366 e. The van der Waals surface area contributed by atoms with Crippen molar-refractivity contribution in [3.63, 3.8) is 0 Å². The second-order valence-electron chi connectivity index (χ2n) is 3.02. The van der Waals surface area contributed by atoms with E-state index in [1.807, 2.05) is 0 Å². The van der Waals surface area contributed by atoms with Gasteiger partial charge in [-0.25, -0.2) is 0 Å². The summed E-state index contributed by atoms with van der Waals surface area (Å²) in [5.41, 5.74) is 5.50. The number of carbonyl (C=O) groups excluding carboxylic acids is 1. The van der Waals surface area contributed by atoms with Gasteiger partial charge in [-0.3, -0.25) is 9.35 Å². The zero-order valence-electron chi connectivity index (χ0n) is 8.10. The fraction of sp³-hybridized carbons (Fsp3) is 0.222. The third kappa shape index (κ3) is 2.54. The SMILES string of the molecule is CCc1ccc(C(N)=O)cc1S(=O)(=O)O. The lowest BCUT2D eigenvalue weighted by atomic mass is 10.1. The van der Waals surface area contributed by atoms with Crippen LogP contribution in [0.15, 0.2) is 23.1 Å². The van der Waals surface area contributed by atoms with E-state index in [2.05, 4.69) is 0 Å². The molecule has 0 saturated carbocycles. The highest BCUT2D eigenvalue weighted by atomic mass is 32.2. The van der Waals surface area contributed by atoms with E-state index in [0.717, 1.165) is 6.07 Å². The Balaban J connectivity index is 3.46. The lowest BCUT2D eigenvalue weighted by Crippen LogP contribution is -2.13. The predicted octanol–water partition coefficient (Wildman–Crippen LogP) is 0.595. The van der Waals surface area contributed by atoms with Crippen molar-refractivity contribution in [2.75, 3.05) is 0 Å².